The van der Waals surface area contributed by atoms with E-state index < -0.39 is 0 Å². The second kappa shape index (κ2) is 3.90. The summed E-state index contributed by atoms with van der Waals surface area (Å²) >= 11 is 0. The number of nitrogens with one attached hydrogen (secondary N) is 1. The van der Waals surface area contributed by atoms with E-state index >= 15 is 0 Å². The summed E-state index contributed by atoms with van der Waals surface area (Å²) in [7, 11) is 0. The topological polar surface area (TPSA) is 28.7 Å². The van der Waals surface area contributed by atoms with Gasteiger partial charge < -0.3 is 4.98 Å². The van der Waals surface area contributed by atoms with Crippen LogP contribution in [0.15, 0.2) is 36.5 Å². The summed E-state index contributed by atoms with van der Waals surface area (Å²) in [6.07, 6.45) is 6.48. The van der Waals surface area contributed by atoms with Gasteiger partial charge in [-0.15, -0.1) is 0 Å². The summed E-state index contributed by atoms with van der Waals surface area (Å²) in [4.78, 5) is 7.09. The van der Waals surface area contributed by atoms with Crippen molar-refractivity contribution in [1.29, 1.82) is 0 Å². The van der Waals surface area contributed by atoms with Crippen LogP contribution in [0, 0.1) is 6.20 Å². The Morgan fingerprint density at radius 2 is 2.00 bits per heavy atom. The quantitative estimate of drug-likeness (QED) is 0.751. The summed E-state index contributed by atoms with van der Waals surface area (Å²) in [5.41, 5.74) is 1.35. The Labute approximate surface area is 77.6 Å². The highest BCUT2D eigenvalue weighted by Crippen LogP contribution is 2.02. The first-order chi connectivity index (χ1) is 6.45. The largest absolute Gasteiger partial charge is 0.348 e. The van der Waals surface area contributed by atoms with Crippen LogP contribution in [0.3, 0.4) is 0 Å². The highest BCUT2D eigenvalue weighted by atomic mass is 14.9. The first-order valence-corrected chi connectivity index (χ1v) is 4.39. The molecular weight excluding hydrogens is 160 g/mol. The third-order valence-corrected chi connectivity index (χ3v) is 2.00. The van der Waals surface area contributed by atoms with Gasteiger partial charge in [-0.2, -0.15) is 0 Å². The predicted molar refractivity (Wildman–Crippen MR) is 51.3 cm³/mol. The van der Waals surface area contributed by atoms with E-state index in [0.29, 0.717) is 0 Å². The van der Waals surface area contributed by atoms with Crippen LogP contribution in [0.1, 0.15) is 11.4 Å². The molecule has 2 nitrogen and oxygen atoms in total. The Bertz CT molecular complexity index is 338. The monoisotopic (exact) mass is 171 g/mol. The van der Waals surface area contributed by atoms with Crippen LogP contribution >= 0.6 is 0 Å². The summed E-state index contributed by atoms with van der Waals surface area (Å²) in [5, 5.41) is 0. The van der Waals surface area contributed by atoms with Crippen LogP contribution in [0.5, 0.6) is 0 Å². The van der Waals surface area contributed by atoms with E-state index in [1.807, 2.05) is 6.07 Å². The molecule has 13 heavy (non-hydrogen) atoms. The second-order valence-corrected chi connectivity index (χ2v) is 2.96. The van der Waals surface area contributed by atoms with Gasteiger partial charge >= 0.3 is 0 Å². The Balaban J connectivity index is 1.94. The zero-order chi connectivity index (χ0) is 8.93. The van der Waals surface area contributed by atoms with Gasteiger partial charge in [0.25, 0.3) is 0 Å². The zero-order valence-corrected chi connectivity index (χ0v) is 7.33. The van der Waals surface area contributed by atoms with Gasteiger partial charge in [-0.1, -0.05) is 30.3 Å². The summed E-state index contributed by atoms with van der Waals surface area (Å²) < 4.78 is 0. The van der Waals surface area contributed by atoms with Crippen molar-refractivity contribution in [3.05, 3.63) is 54.1 Å². The van der Waals surface area contributed by atoms with Crippen LogP contribution in [0.2, 0.25) is 0 Å². The average molecular weight is 171 g/mol. The van der Waals surface area contributed by atoms with Crippen LogP contribution in [-0.2, 0) is 12.8 Å². The van der Waals surface area contributed by atoms with Crippen LogP contribution in [0.25, 0.3) is 0 Å². The van der Waals surface area contributed by atoms with Gasteiger partial charge in [0.15, 0.2) is 0 Å². The van der Waals surface area contributed by atoms with Gasteiger partial charge in [-0.25, -0.2) is 4.98 Å². The number of H-pyrrole nitrogens is 1. The first-order valence-electron chi connectivity index (χ1n) is 4.39. The molecule has 1 N–H and O–H groups in total. The fraction of sp³-hybridized carbons (Fsp3) is 0.182. The van der Waals surface area contributed by atoms with E-state index in [0.717, 1.165) is 18.7 Å². The highest BCUT2D eigenvalue weighted by molar-refractivity contribution is 5.15. The Morgan fingerprint density at radius 3 is 2.69 bits per heavy atom. The number of rotatable bonds is 3. The zero-order valence-electron chi connectivity index (χ0n) is 7.33. The molecule has 0 atom stereocenters. The average Bonchev–Trinajstić information content (AvgIpc) is 2.69. The summed E-state index contributed by atoms with van der Waals surface area (Å²) in [5.74, 6) is 1.00. The normalized spacial score (nSPS) is 10.2. The Morgan fingerprint density at radius 1 is 1.15 bits per heavy atom. The lowest BCUT2D eigenvalue weighted by molar-refractivity contribution is 0.884. The van der Waals surface area contributed by atoms with Crippen molar-refractivity contribution in [3.63, 3.8) is 0 Å². The summed E-state index contributed by atoms with van der Waals surface area (Å²) in [6.45, 7) is 0. The van der Waals surface area contributed by atoms with Crippen molar-refractivity contribution in [2.75, 3.05) is 0 Å². The lowest BCUT2D eigenvalue weighted by Gasteiger charge is -1.97. The second-order valence-electron chi connectivity index (χ2n) is 2.96. The van der Waals surface area contributed by atoms with Crippen molar-refractivity contribution in [2.45, 2.75) is 12.8 Å². The molecule has 0 amide bonds. The molecule has 0 fully saturated rings. The number of hydrogen-bond donors (Lipinski definition) is 1. The van der Waals surface area contributed by atoms with Gasteiger partial charge in [-0.05, 0) is 12.0 Å². The molecule has 2 rings (SSSR count). The van der Waals surface area contributed by atoms with Gasteiger partial charge in [0.1, 0.15) is 12.0 Å². The first kappa shape index (κ1) is 8.05. The maximum absolute atomic E-state index is 4.05. The molecule has 0 saturated carbocycles. The SMILES string of the molecule is [c]1c[nH]c(CCc2ccccc2)n1. The van der Waals surface area contributed by atoms with Crippen molar-refractivity contribution in [1.82, 2.24) is 9.97 Å². The van der Waals surface area contributed by atoms with E-state index in [1.54, 1.807) is 6.20 Å². The van der Waals surface area contributed by atoms with Crippen molar-refractivity contribution in [2.24, 2.45) is 0 Å². The molecule has 1 aromatic carbocycles. The van der Waals surface area contributed by atoms with Gasteiger partial charge in [0.2, 0.25) is 0 Å². The molecule has 2 heteroatoms. The van der Waals surface area contributed by atoms with E-state index in [9.17, 15) is 0 Å². The number of nitrogens with zero attached hydrogens (tertiary/aromatic N) is 1. The van der Waals surface area contributed by atoms with E-state index in [-0.39, 0.29) is 0 Å². The molecule has 0 aliphatic rings. The Hall–Kier alpha value is -1.57. The fourth-order valence-electron chi connectivity index (χ4n) is 1.29. The van der Waals surface area contributed by atoms with Gasteiger partial charge in [-0.3, -0.25) is 0 Å². The number of aryl methyl sites for hydroxylation is 2. The number of aromatic nitrogens is 2. The molecule has 0 aliphatic carbocycles. The number of aromatic amines is 1. The molecule has 1 radical (unpaired) electrons. The minimum atomic E-state index is 0.952. The standard InChI is InChI=1S/C11H11N2/c1-2-4-10(5-3-1)6-7-11-12-8-9-13-11/h1-5,8H,6-7H2,(H,12,13). The predicted octanol–water partition coefficient (Wildman–Crippen LogP) is 2.00. The third kappa shape index (κ3) is 2.18. The fourth-order valence-corrected chi connectivity index (χ4v) is 1.29. The molecule has 0 saturated heterocycles. The van der Waals surface area contributed by atoms with E-state index in [2.05, 4.69) is 40.4 Å². The van der Waals surface area contributed by atoms with Crippen LogP contribution in [0.4, 0.5) is 0 Å². The molecule has 0 aliphatic heterocycles. The number of imidazole rings is 1. The third-order valence-electron chi connectivity index (χ3n) is 2.00. The van der Waals surface area contributed by atoms with Crippen molar-refractivity contribution in [3.8, 4) is 0 Å². The van der Waals surface area contributed by atoms with Crippen molar-refractivity contribution < 1.29 is 0 Å². The maximum atomic E-state index is 4.05. The summed E-state index contributed by atoms with van der Waals surface area (Å²) in [6, 6.07) is 10.4. The number of benzene rings is 1. The lowest BCUT2D eigenvalue weighted by Crippen LogP contribution is -1.92. The molecule has 0 bridgehead atoms. The highest BCUT2D eigenvalue weighted by Gasteiger charge is 1.95. The minimum absolute atomic E-state index is 0.952. The molecule has 1 aromatic heterocycles. The molecule has 0 unspecified atom stereocenters. The van der Waals surface area contributed by atoms with Crippen LogP contribution in [-0.4, -0.2) is 9.97 Å². The molecular formula is C11H11N2. The molecule has 65 valence electrons. The smallest absolute Gasteiger partial charge is 0.108 e. The molecule has 0 spiro atoms. The van der Waals surface area contributed by atoms with E-state index in [4.69, 9.17) is 0 Å². The molecule has 1 heterocycles. The molecule has 2 aromatic rings. The number of hydrogen-bond acceptors (Lipinski definition) is 1. The minimum Gasteiger partial charge on any atom is -0.348 e. The lowest BCUT2D eigenvalue weighted by atomic mass is 10.1. The van der Waals surface area contributed by atoms with Gasteiger partial charge in [0, 0.05) is 12.6 Å². The van der Waals surface area contributed by atoms with Crippen molar-refractivity contribution >= 4 is 0 Å². The van der Waals surface area contributed by atoms with Gasteiger partial charge in [0.05, 0.1) is 0 Å². The van der Waals surface area contributed by atoms with E-state index in [1.165, 1.54) is 5.56 Å². The maximum Gasteiger partial charge on any atom is 0.108 e. The van der Waals surface area contributed by atoms with Crippen LogP contribution < -0.4 is 0 Å². The Kier molecular flexibility index (Phi) is 2.41.